The zero-order valence-electron chi connectivity index (χ0n) is 7.95. The molecule has 2 rings (SSSR count). The second-order valence-corrected chi connectivity index (χ2v) is 4.36. The van der Waals surface area contributed by atoms with Crippen molar-refractivity contribution in [1.82, 2.24) is 4.90 Å². The number of rotatable bonds is 1. The smallest absolute Gasteiger partial charge is 0.228 e. The first-order valence-electron chi connectivity index (χ1n) is 4.67. The van der Waals surface area contributed by atoms with Crippen LogP contribution in [0, 0.1) is 5.41 Å². The van der Waals surface area contributed by atoms with Gasteiger partial charge in [0.2, 0.25) is 5.91 Å². The fraction of sp³-hybridized carbons (Fsp3) is 0.889. The van der Waals surface area contributed by atoms with Gasteiger partial charge < -0.3 is 10.6 Å². The Morgan fingerprint density at radius 3 is 2.54 bits per heavy atom. The highest BCUT2D eigenvalue weighted by molar-refractivity contribution is 5.85. The molecule has 2 N–H and O–H groups in total. The quantitative estimate of drug-likeness (QED) is 0.686. The van der Waals surface area contributed by atoms with Crippen LogP contribution < -0.4 is 5.73 Å². The van der Waals surface area contributed by atoms with Gasteiger partial charge in [-0.2, -0.15) is 0 Å². The van der Waals surface area contributed by atoms with E-state index in [9.17, 15) is 4.79 Å². The first-order chi connectivity index (χ1) is 5.62. The zero-order chi connectivity index (χ0) is 8.77. The summed E-state index contributed by atoms with van der Waals surface area (Å²) < 4.78 is 0. The summed E-state index contributed by atoms with van der Waals surface area (Å²) in [4.78, 5) is 13.7. The normalized spacial score (nSPS) is 29.7. The molecule has 1 amide bonds. The molecule has 1 aliphatic heterocycles. The largest absolute Gasteiger partial charge is 0.341 e. The third-order valence-corrected chi connectivity index (χ3v) is 3.03. The van der Waals surface area contributed by atoms with E-state index < -0.39 is 0 Å². The highest BCUT2D eigenvalue weighted by Gasteiger charge is 2.47. The molecule has 0 radical (unpaired) electrons. The van der Waals surface area contributed by atoms with Crippen LogP contribution in [0.1, 0.15) is 26.2 Å². The molecule has 0 unspecified atom stereocenters. The third-order valence-electron chi connectivity index (χ3n) is 3.03. The lowest BCUT2D eigenvalue weighted by atomic mass is 10.1. The number of nitrogens with zero attached hydrogens (tertiary/aromatic N) is 1. The van der Waals surface area contributed by atoms with Gasteiger partial charge >= 0.3 is 0 Å². The van der Waals surface area contributed by atoms with Crippen LogP contribution in [0.5, 0.6) is 0 Å². The van der Waals surface area contributed by atoms with E-state index in [-0.39, 0.29) is 23.9 Å². The molecule has 3 nitrogen and oxygen atoms in total. The Kier molecular flexibility index (Phi) is 2.88. The molecule has 0 aromatic carbocycles. The first kappa shape index (κ1) is 10.8. The molecule has 1 saturated carbocycles. The Bertz CT molecular complexity index is 216. The molecule has 1 aliphatic carbocycles. The molecule has 1 saturated heterocycles. The summed E-state index contributed by atoms with van der Waals surface area (Å²) in [6, 6.07) is 0.219. The predicted octanol–water partition coefficient (Wildman–Crippen LogP) is 0.768. The highest BCUT2D eigenvalue weighted by Crippen LogP contribution is 2.46. The van der Waals surface area contributed by atoms with Crippen molar-refractivity contribution in [3.63, 3.8) is 0 Å². The minimum atomic E-state index is -0.00986. The molecule has 4 heteroatoms. The molecule has 76 valence electrons. The fourth-order valence-electron chi connectivity index (χ4n) is 1.75. The van der Waals surface area contributed by atoms with E-state index >= 15 is 0 Å². The summed E-state index contributed by atoms with van der Waals surface area (Å²) in [6.07, 6.45) is 3.11. The lowest BCUT2D eigenvalue weighted by Gasteiger charge is -2.19. The number of hydrogen-bond acceptors (Lipinski definition) is 2. The Hall–Kier alpha value is -0.280. The van der Waals surface area contributed by atoms with E-state index in [1.165, 1.54) is 0 Å². The van der Waals surface area contributed by atoms with Crippen molar-refractivity contribution < 1.29 is 4.79 Å². The number of hydrogen-bond donors (Lipinski definition) is 1. The van der Waals surface area contributed by atoms with Crippen molar-refractivity contribution in [2.75, 3.05) is 13.1 Å². The van der Waals surface area contributed by atoms with E-state index in [4.69, 9.17) is 5.73 Å². The van der Waals surface area contributed by atoms with Gasteiger partial charge in [-0.05, 0) is 19.3 Å². The van der Waals surface area contributed by atoms with Crippen molar-refractivity contribution >= 4 is 18.3 Å². The van der Waals surface area contributed by atoms with Crippen LogP contribution in [0.25, 0.3) is 0 Å². The van der Waals surface area contributed by atoms with Gasteiger partial charge in [-0.15, -0.1) is 12.4 Å². The maximum absolute atomic E-state index is 11.7. The Morgan fingerprint density at radius 1 is 1.54 bits per heavy atom. The summed E-state index contributed by atoms with van der Waals surface area (Å²) in [5.41, 5.74) is 5.72. The summed E-state index contributed by atoms with van der Waals surface area (Å²) in [5, 5.41) is 0. The minimum Gasteiger partial charge on any atom is -0.341 e. The standard InChI is InChI=1S/C9H16N2O.ClH/c1-9(3-4-9)8(12)11-5-2-7(10)6-11;/h7H,2-6,10H2,1H3;1H/t7-;/m0./s1. The number of carbonyl (C=O) groups is 1. The van der Waals surface area contributed by atoms with Gasteiger partial charge in [0, 0.05) is 24.5 Å². The van der Waals surface area contributed by atoms with E-state index in [1.807, 2.05) is 4.90 Å². The van der Waals surface area contributed by atoms with Crippen LogP contribution in [-0.4, -0.2) is 29.9 Å². The van der Waals surface area contributed by atoms with Crippen molar-refractivity contribution in [3.05, 3.63) is 0 Å². The monoisotopic (exact) mass is 204 g/mol. The van der Waals surface area contributed by atoms with E-state index in [1.54, 1.807) is 0 Å². The molecule has 0 spiro atoms. The molecule has 2 fully saturated rings. The Morgan fingerprint density at radius 2 is 2.15 bits per heavy atom. The fourth-order valence-corrected chi connectivity index (χ4v) is 1.75. The van der Waals surface area contributed by atoms with Gasteiger partial charge in [0.05, 0.1) is 0 Å². The molecular formula is C9H17ClN2O. The van der Waals surface area contributed by atoms with Crippen LogP contribution >= 0.6 is 12.4 Å². The lowest BCUT2D eigenvalue weighted by Crippen LogP contribution is -2.36. The summed E-state index contributed by atoms with van der Waals surface area (Å²) >= 11 is 0. The first-order valence-corrected chi connectivity index (χ1v) is 4.67. The molecule has 0 aromatic rings. The SMILES string of the molecule is CC1(C(=O)N2CC[C@H](N)C2)CC1.Cl. The molecule has 0 aromatic heterocycles. The maximum Gasteiger partial charge on any atom is 0.228 e. The van der Waals surface area contributed by atoms with E-state index in [2.05, 4.69) is 6.92 Å². The second kappa shape index (κ2) is 3.46. The average Bonchev–Trinajstić information content (AvgIpc) is 2.62. The van der Waals surface area contributed by atoms with Crippen LogP contribution in [0.3, 0.4) is 0 Å². The zero-order valence-corrected chi connectivity index (χ0v) is 8.77. The predicted molar refractivity (Wildman–Crippen MR) is 53.8 cm³/mol. The second-order valence-electron chi connectivity index (χ2n) is 4.36. The molecule has 13 heavy (non-hydrogen) atoms. The summed E-state index contributed by atoms with van der Waals surface area (Å²) in [5.74, 6) is 0.329. The van der Waals surface area contributed by atoms with Gasteiger partial charge in [-0.3, -0.25) is 4.79 Å². The minimum absolute atomic E-state index is 0. The molecule has 1 atom stereocenters. The number of amides is 1. The van der Waals surface area contributed by atoms with Crippen molar-refractivity contribution in [2.45, 2.75) is 32.2 Å². The van der Waals surface area contributed by atoms with Gasteiger partial charge in [-0.25, -0.2) is 0 Å². The third kappa shape index (κ3) is 1.97. The van der Waals surface area contributed by atoms with Crippen LogP contribution in [0.2, 0.25) is 0 Å². The van der Waals surface area contributed by atoms with Crippen molar-refractivity contribution in [1.29, 1.82) is 0 Å². The van der Waals surface area contributed by atoms with E-state index in [0.29, 0.717) is 5.91 Å². The lowest BCUT2D eigenvalue weighted by molar-refractivity contribution is -0.135. The number of carbonyl (C=O) groups excluding carboxylic acids is 1. The Balaban J connectivity index is 0.000000845. The van der Waals surface area contributed by atoms with Crippen molar-refractivity contribution in [3.8, 4) is 0 Å². The van der Waals surface area contributed by atoms with Crippen LogP contribution in [0.15, 0.2) is 0 Å². The van der Waals surface area contributed by atoms with Gasteiger partial charge in [-0.1, -0.05) is 6.92 Å². The topological polar surface area (TPSA) is 46.3 Å². The Labute approximate surface area is 85.1 Å². The summed E-state index contributed by atoms with van der Waals surface area (Å²) in [6.45, 7) is 3.70. The molecule has 1 heterocycles. The highest BCUT2D eigenvalue weighted by atomic mass is 35.5. The van der Waals surface area contributed by atoms with Crippen LogP contribution in [0.4, 0.5) is 0 Å². The van der Waals surface area contributed by atoms with Crippen LogP contribution in [-0.2, 0) is 4.79 Å². The maximum atomic E-state index is 11.7. The van der Waals surface area contributed by atoms with Gasteiger partial charge in [0.15, 0.2) is 0 Å². The number of nitrogens with two attached hydrogens (primary N) is 1. The summed E-state index contributed by atoms with van der Waals surface area (Å²) in [7, 11) is 0. The average molecular weight is 205 g/mol. The molecular weight excluding hydrogens is 188 g/mol. The molecule has 2 aliphatic rings. The number of halogens is 1. The van der Waals surface area contributed by atoms with E-state index in [0.717, 1.165) is 32.4 Å². The van der Waals surface area contributed by atoms with Gasteiger partial charge in [0.25, 0.3) is 0 Å². The number of likely N-dealkylation sites (tertiary alicyclic amines) is 1. The van der Waals surface area contributed by atoms with Gasteiger partial charge in [0.1, 0.15) is 0 Å². The molecule has 0 bridgehead atoms. The van der Waals surface area contributed by atoms with Crippen molar-refractivity contribution in [2.24, 2.45) is 11.1 Å².